The number of hydrogen-bond acceptors (Lipinski definition) is 4. The van der Waals surface area contributed by atoms with E-state index in [0.717, 1.165) is 0 Å². The van der Waals surface area contributed by atoms with Crippen molar-refractivity contribution in [2.24, 2.45) is 0 Å². The Hall–Kier alpha value is -0.620. The van der Waals surface area contributed by atoms with Gasteiger partial charge in [0.05, 0.1) is 11.8 Å². The predicted octanol–water partition coefficient (Wildman–Crippen LogP) is 0.266. The highest BCUT2D eigenvalue weighted by Crippen LogP contribution is 1.98. The third-order valence-electron chi connectivity index (χ3n) is 2.53. The number of rotatable bonds is 7. The van der Waals surface area contributed by atoms with Crippen LogP contribution >= 0.6 is 0 Å². The minimum Gasteiger partial charge on any atom is -0.342 e. The third-order valence-corrected chi connectivity index (χ3v) is 3.64. The molecule has 102 valence electrons. The molecule has 0 fully saturated rings. The van der Waals surface area contributed by atoms with Crippen LogP contribution in [0, 0.1) is 0 Å². The monoisotopic (exact) mass is 264 g/mol. The SMILES string of the molecule is CCN(CC)C(=O)C(C)NC(C)CS(C)(=O)=O. The fourth-order valence-electron chi connectivity index (χ4n) is 1.81. The number of amides is 1. The van der Waals surface area contributed by atoms with E-state index in [4.69, 9.17) is 0 Å². The largest absolute Gasteiger partial charge is 0.342 e. The van der Waals surface area contributed by atoms with Crippen LogP contribution in [0.4, 0.5) is 0 Å². The summed E-state index contributed by atoms with van der Waals surface area (Å²) in [7, 11) is -3.01. The molecular formula is C11H24N2O3S. The molecule has 0 rings (SSSR count). The molecule has 0 radical (unpaired) electrons. The van der Waals surface area contributed by atoms with Crippen molar-refractivity contribution in [1.29, 1.82) is 0 Å². The highest BCUT2D eigenvalue weighted by Gasteiger charge is 2.20. The molecule has 1 N–H and O–H groups in total. The summed E-state index contributed by atoms with van der Waals surface area (Å²) >= 11 is 0. The van der Waals surface area contributed by atoms with Crippen LogP contribution in [-0.4, -0.2) is 56.4 Å². The van der Waals surface area contributed by atoms with Crippen LogP contribution in [0.3, 0.4) is 0 Å². The van der Waals surface area contributed by atoms with Crippen molar-refractivity contribution in [3.8, 4) is 0 Å². The molecule has 0 aromatic rings. The van der Waals surface area contributed by atoms with Crippen LogP contribution in [0.5, 0.6) is 0 Å². The maximum absolute atomic E-state index is 11.9. The molecule has 5 nitrogen and oxygen atoms in total. The van der Waals surface area contributed by atoms with Crippen molar-refractivity contribution in [2.75, 3.05) is 25.1 Å². The Bertz CT molecular complexity index is 337. The second-order valence-electron chi connectivity index (χ2n) is 4.39. The van der Waals surface area contributed by atoms with Crippen LogP contribution in [0.2, 0.25) is 0 Å². The van der Waals surface area contributed by atoms with Crippen molar-refractivity contribution in [3.63, 3.8) is 0 Å². The second-order valence-corrected chi connectivity index (χ2v) is 6.58. The molecule has 17 heavy (non-hydrogen) atoms. The molecule has 0 aromatic carbocycles. The third kappa shape index (κ3) is 6.63. The Morgan fingerprint density at radius 1 is 1.24 bits per heavy atom. The molecule has 0 heterocycles. The summed E-state index contributed by atoms with van der Waals surface area (Å²) < 4.78 is 22.2. The van der Waals surface area contributed by atoms with E-state index in [9.17, 15) is 13.2 Å². The Labute approximate surface area is 104 Å². The molecule has 0 bridgehead atoms. The molecule has 0 aromatic heterocycles. The lowest BCUT2D eigenvalue weighted by Gasteiger charge is -2.25. The molecule has 0 saturated carbocycles. The molecule has 6 heteroatoms. The fourth-order valence-corrected chi connectivity index (χ4v) is 2.81. The van der Waals surface area contributed by atoms with E-state index in [1.165, 1.54) is 6.26 Å². The Kier molecular flexibility index (Phi) is 6.70. The van der Waals surface area contributed by atoms with Gasteiger partial charge in [-0.3, -0.25) is 4.79 Å². The number of hydrogen-bond donors (Lipinski definition) is 1. The standard InChI is InChI=1S/C11H24N2O3S/c1-6-13(7-2)11(14)10(4)12-9(3)8-17(5,15)16/h9-10,12H,6-8H2,1-5H3. The first-order valence-corrected chi connectivity index (χ1v) is 7.99. The van der Waals surface area contributed by atoms with Crippen molar-refractivity contribution in [1.82, 2.24) is 10.2 Å². The zero-order chi connectivity index (χ0) is 13.6. The van der Waals surface area contributed by atoms with Gasteiger partial charge in [-0.05, 0) is 27.7 Å². The summed E-state index contributed by atoms with van der Waals surface area (Å²) in [5.41, 5.74) is 0. The molecule has 2 atom stereocenters. The number of likely N-dealkylation sites (N-methyl/N-ethyl adjacent to an activating group) is 1. The minimum absolute atomic E-state index is 0.00958. The molecule has 0 aliphatic carbocycles. The first kappa shape index (κ1) is 16.4. The van der Waals surface area contributed by atoms with E-state index in [1.54, 1.807) is 18.7 Å². The van der Waals surface area contributed by atoms with Gasteiger partial charge in [-0.1, -0.05) is 0 Å². The van der Waals surface area contributed by atoms with Crippen molar-refractivity contribution >= 4 is 15.7 Å². The molecule has 1 amide bonds. The molecule has 0 aliphatic rings. The second kappa shape index (κ2) is 6.96. The topological polar surface area (TPSA) is 66.5 Å². The van der Waals surface area contributed by atoms with Gasteiger partial charge in [-0.15, -0.1) is 0 Å². The van der Waals surface area contributed by atoms with E-state index in [-0.39, 0.29) is 23.7 Å². The van der Waals surface area contributed by atoms with Gasteiger partial charge >= 0.3 is 0 Å². The van der Waals surface area contributed by atoms with E-state index in [2.05, 4.69) is 5.32 Å². The normalized spacial score (nSPS) is 15.4. The molecule has 0 saturated heterocycles. The zero-order valence-electron chi connectivity index (χ0n) is 11.4. The number of nitrogens with zero attached hydrogens (tertiary/aromatic N) is 1. The maximum Gasteiger partial charge on any atom is 0.239 e. The maximum atomic E-state index is 11.9. The summed E-state index contributed by atoms with van der Waals surface area (Å²) in [6, 6.07) is -0.578. The van der Waals surface area contributed by atoms with E-state index in [1.807, 2.05) is 13.8 Å². The van der Waals surface area contributed by atoms with Crippen molar-refractivity contribution in [2.45, 2.75) is 39.8 Å². The summed E-state index contributed by atoms with van der Waals surface area (Å²) in [5, 5.41) is 3.01. The lowest BCUT2D eigenvalue weighted by Crippen LogP contribution is -2.49. The number of nitrogens with one attached hydrogen (secondary N) is 1. The van der Waals surface area contributed by atoms with Crippen LogP contribution < -0.4 is 5.32 Å². The van der Waals surface area contributed by atoms with E-state index in [0.29, 0.717) is 13.1 Å². The first-order chi connectivity index (χ1) is 7.71. The van der Waals surface area contributed by atoms with Gasteiger partial charge in [-0.25, -0.2) is 8.42 Å². The number of carbonyl (C=O) groups is 1. The summed E-state index contributed by atoms with van der Waals surface area (Å²) in [6.07, 6.45) is 1.20. The highest BCUT2D eigenvalue weighted by atomic mass is 32.2. The fraction of sp³-hybridized carbons (Fsp3) is 0.909. The van der Waals surface area contributed by atoms with Crippen molar-refractivity contribution < 1.29 is 13.2 Å². The Balaban J connectivity index is 4.34. The van der Waals surface area contributed by atoms with Crippen LogP contribution in [0.25, 0.3) is 0 Å². The van der Waals surface area contributed by atoms with E-state index < -0.39 is 9.84 Å². The Morgan fingerprint density at radius 3 is 2.06 bits per heavy atom. The zero-order valence-corrected chi connectivity index (χ0v) is 12.2. The molecule has 0 aliphatic heterocycles. The summed E-state index contributed by atoms with van der Waals surface area (Å²) in [4.78, 5) is 13.6. The van der Waals surface area contributed by atoms with Crippen LogP contribution in [-0.2, 0) is 14.6 Å². The van der Waals surface area contributed by atoms with Crippen LogP contribution in [0.15, 0.2) is 0 Å². The van der Waals surface area contributed by atoms with Gasteiger partial charge in [0.1, 0.15) is 9.84 Å². The van der Waals surface area contributed by atoms with Crippen molar-refractivity contribution in [3.05, 3.63) is 0 Å². The summed E-state index contributed by atoms with van der Waals surface area (Å²) in [5.74, 6) is 0.0541. The van der Waals surface area contributed by atoms with Gasteiger partial charge in [0.25, 0.3) is 0 Å². The van der Waals surface area contributed by atoms with Crippen LogP contribution in [0.1, 0.15) is 27.7 Å². The van der Waals surface area contributed by atoms with Gasteiger partial charge in [0.2, 0.25) is 5.91 Å². The smallest absolute Gasteiger partial charge is 0.239 e. The molecule has 0 spiro atoms. The van der Waals surface area contributed by atoms with E-state index >= 15 is 0 Å². The quantitative estimate of drug-likeness (QED) is 0.716. The summed E-state index contributed by atoms with van der Waals surface area (Å²) in [6.45, 7) is 8.72. The first-order valence-electron chi connectivity index (χ1n) is 5.93. The van der Waals surface area contributed by atoms with Gasteiger partial charge < -0.3 is 10.2 Å². The lowest BCUT2D eigenvalue weighted by molar-refractivity contribution is -0.132. The molecular weight excluding hydrogens is 240 g/mol. The predicted molar refractivity (Wildman–Crippen MR) is 69.7 cm³/mol. The minimum atomic E-state index is -3.01. The van der Waals surface area contributed by atoms with Gasteiger partial charge in [-0.2, -0.15) is 0 Å². The number of sulfone groups is 1. The lowest BCUT2D eigenvalue weighted by atomic mass is 10.2. The van der Waals surface area contributed by atoms with Gasteiger partial charge in [0.15, 0.2) is 0 Å². The number of carbonyl (C=O) groups excluding carboxylic acids is 1. The Morgan fingerprint density at radius 2 is 1.71 bits per heavy atom. The average molecular weight is 264 g/mol. The molecule has 2 unspecified atom stereocenters. The van der Waals surface area contributed by atoms with Gasteiger partial charge in [0, 0.05) is 25.4 Å². The average Bonchev–Trinajstić information content (AvgIpc) is 2.16. The highest BCUT2D eigenvalue weighted by molar-refractivity contribution is 7.90.